The molecule has 158 valence electrons. The number of amides is 2. The molecule has 2 aromatic carbocycles. The first-order valence-electron chi connectivity index (χ1n) is 10.00. The van der Waals surface area contributed by atoms with Gasteiger partial charge in [-0.05, 0) is 48.7 Å². The molecule has 7 heteroatoms. The molecule has 0 bridgehead atoms. The molecule has 0 spiro atoms. The molecule has 2 amide bonds. The van der Waals surface area contributed by atoms with E-state index >= 15 is 0 Å². The van der Waals surface area contributed by atoms with Crippen molar-refractivity contribution >= 4 is 35.1 Å². The topological polar surface area (TPSA) is 84.5 Å². The summed E-state index contributed by atoms with van der Waals surface area (Å²) in [6.07, 6.45) is 4.24. The molecule has 1 aliphatic carbocycles. The average molecular weight is 429 g/mol. The summed E-state index contributed by atoms with van der Waals surface area (Å²) in [5.74, 6) is -1.12. The average Bonchev–Trinajstić information content (AvgIpc) is 2.77. The second-order valence-corrected chi connectivity index (χ2v) is 7.87. The Bertz CT molecular complexity index is 938. The van der Waals surface area contributed by atoms with E-state index in [4.69, 9.17) is 16.3 Å². The molecule has 0 aromatic heterocycles. The van der Waals surface area contributed by atoms with Crippen LogP contribution in [0, 0.1) is 0 Å². The van der Waals surface area contributed by atoms with Gasteiger partial charge >= 0.3 is 5.97 Å². The minimum Gasteiger partial charge on any atom is -0.455 e. The number of carbonyl (C=O) groups excluding carboxylic acids is 3. The Labute approximate surface area is 180 Å². The summed E-state index contributed by atoms with van der Waals surface area (Å²) in [5, 5.41) is 5.76. The molecule has 30 heavy (non-hydrogen) atoms. The molecular weight excluding hydrogens is 404 g/mol. The van der Waals surface area contributed by atoms with Crippen LogP contribution >= 0.6 is 11.6 Å². The van der Waals surface area contributed by atoms with Crippen molar-refractivity contribution in [2.24, 2.45) is 0 Å². The van der Waals surface area contributed by atoms with Crippen LogP contribution in [0.4, 0.5) is 5.69 Å². The summed E-state index contributed by atoms with van der Waals surface area (Å²) in [6.45, 7) is -0.397. The fourth-order valence-electron chi connectivity index (χ4n) is 3.90. The van der Waals surface area contributed by atoms with Crippen molar-refractivity contribution in [3.63, 3.8) is 0 Å². The molecule has 0 unspecified atom stereocenters. The summed E-state index contributed by atoms with van der Waals surface area (Å²) in [5.41, 5.74) is 0.940. The van der Waals surface area contributed by atoms with Gasteiger partial charge in [-0.15, -0.1) is 0 Å². The van der Waals surface area contributed by atoms with Crippen molar-refractivity contribution in [2.75, 3.05) is 19.0 Å². The standard InChI is InChI=1S/C23H25ClN2O4/c1-25-21(28)16-7-5-10-19(13-16)26-20(27)15-30-22(29)23(11-3-2-4-12-23)17-8-6-9-18(24)14-17/h5-10,13-14H,2-4,11-12,15H2,1H3,(H,25,28)(H,26,27). The highest BCUT2D eigenvalue weighted by atomic mass is 35.5. The number of ether oxygens (including phenoxy) is 1. The number of nitrogens with one attached hydrogen (secondary N) is 2. The number of anilines is 1. The molecule has 3 rings (SSSR count). The van der Waals surface area contributed by atoms with Gasteiger partial charge in [0.15, 0.2) is 6.61 Å². The second-order valence-electron chi connectivity index (χ2n) is 7.44. The molecule has 0 aliphatic heterocycles. The minimum absolute atomic E-state index is 0.252. The molecule has 1 aliphatic rings. The predicted octanol–water partition coefficient (Wildman–Crippen LogP) is 4.08. The summed E-state index contributed by atoms with van der Waals surface area (Å²) in [7, 11) is 1.54. The van der Waals surface area contributed by atoms with Crippen LogP contribution in [-0.4, -0.2) is 31.4 Å². The third-order valence-corrected chi connectivity index (χ3v) is 5.68. The molecule has 1 saturated carbocycles. The SMILES string of the molecule is CNC(=O)c1cccc(NC(=O)COC(=O)C2(c3cccc(Cl)c3)CCCCC2)c1. The summed E-state index contributed by atoms with van der Waals surface area (Å²) >= 11 is 6.15. The number of esters is 1. The molecule has 1 fully saturated rings. The maximum absolute atomic E-state index is 13.1. The van der Waals surface area contributed by atoms with Crippen LogP contribution in [0.15, 0.2) is 48.5 Å². The molecular formula is C23H25ClN2O4. The van der Waals surface area contributed by atoms with E-state index in [9.17, 15) is 14.4 Å². The van der Waals surface area contributed by atoms with Crippen molar-refractivity contribution in [1.82, 2.24) is 5.32 Å². The van der Waals surface area contributed by atoms with Crippen molar-refractivity contribution < 1.29 is 19.1 Å². The summed E-state index contributed by atoms with van der Waals surface area (Å²) in [4.78, 5) is 37.1. The monoisotopic (exact) mass is 428 g/mol. The predicted molar refractivity (Wildman–Crippen MR) is 116 cm³/mol. The van der Waals surface area contributed by atoms with E-state index in [1.165, 1.54) is 7.05 Å². The van der Waals surface area contributed by atoms with Crippen LogP contribution in [0.1, 0.15) is 48.0 Å². The Hall–Kier alpha value is -2.86. The molecule has 0 radical (unpaired) electrons. The first kappa shape index (κ1) is 21.8. The quantitative estimate of drug-likeness (QED) is 0.679. The van der Waals surface area contributed by atoms with Gasteiger partial charge in [-0.3, -0.25) is 14.4 Å². The highest BCUT2D eigenvalue weighted by Gasteiger charge is 2.42. The van der Waals surface area contributed by atoms with Gasteiger partial charge in [-0.25, -0.2) is 0 Å². The first-order chi connectivity index (χ1) is 14.4. The Morgan fingerprint density at radius 1 is 1.03 bits per heavy atom. The van der Waals surface area contributed by atoms with Crippen molar-refractivity contribution in [2.45, 2.75) is 37.5 Å². The van der Waals surface area contributed by atoms with Gasteiger partial charge in [-0.1, -0.05) is 49.1 Å². The van der Waals surface area contributed by atoms with Crippen LogP contribution in [-0.2, 0) is 19.7 Å². The van der Waals surface area contributed by atoms with E-state index in [2.05, 4.69) is 10.6 Å². The number of benzene rings is 2. The van der Waals surface area contributed by atoms with Crippen molar-refractivity contribution in [3.8, 4) is 0 Å². The van der Waals surface area contributed by atoms with E-state index in [0.717, 1.165) is 24.8 Å². The second kappa shape index (κ2) is 9.76. The highest BCUT2D eigenvalue weighted by molar-refractivity contribution is 6.30. The van der Waals surface area contributed by atoms with Gasteiger partial charge < -0.3 is 15.4 Å². The molecule has 2 N–H and O–H groups in total. The zero-order chi connectivity index (χ0) is 21.6. The lowest BCUT2D eigenvalue weighted by Gasteiger charge is -2.35. The molecule has 0 saturated heterocycles. The smallest absolute Gasteiger partial charge is 0.317 e. The Balaban J connectivity index is 1.67. The Kier molecular flexibility index (Phi) is 7.11. The number of hydrogen-bond acceptors (Lipinski definition) is 4. The van der Waals surface area contributed by atoms with E-state index in [1.807, 2.05) is 12.1 Å². The van der Waals surface area contributed by atoms with Gasteiger partial charge in [0.2, 0.25) is 0 Å². The van der Waals surface area contributed by atoms with Crippen LogP contribution in [0.2, 0.25) is 5.02 Å². The molecule has 6 nitrogen and oxygen atoms in total. The Morgan fingerprint density at radius 2 is 1.77 bits per heavy atom. The number of carbonyl (C=O) groups is 3. The Morgan fingerprint density at radius 3 is 2.47 bits per heavy atom. The van der Waals surface area contributed by atoms with Gasteiger partial charge in [0.1, 0.15) is 0 Å². The maximum Gasteiger partial charge on any atom is 0.317 e. The molecule has 0 heterocycles. The fraction of sp³-hybridized carbons (Fsp3) is 0.348. The first-order valence-corrected chi connectivity index (χ1v) is 10.4. The number of halogens is 1. The van der Waals surface area contributed by atoms with E-state index in [1.54, 1.807) is 36.4 Å². The van der Waals surface area contributed by atoms with E-state index in [0.29, 0.717) is 29.1 Å². The normalized spacial score (nSPS) is 15.1. The van der Waals surface area contributed by atoms with Crippen LogP contribution in [0.3, 0.4) is 0 Å². The lowest BCUT2D eigenvalue weighted by Crippen LogP contribution is -2.40. The number of rotatable bonds is 6. The van der Waals surface area contributed by atoms with Gasteiger partial charge in [0.05, 0.1) is 5.41 Å². The minimum atomic E-state index is -0.775. The lowest BCUT2D eigenvalue weighted by atomic mass is 9.69. The van der Waals surface area contributed by atoms with Crippen LogP contribution in [0.25, 0.3) is 0 Å². The zero-order valence-electron chi connectivity index (χ0n) is 16.9. The number of hydrogen-bond donors (Lipinski definition) is 2. The fourth-order valence-corrected chi connectivity index (χ4v) is 4.09. The zero-order valence-corrected chi connectivity index (χ0v) is 17.6. The molecule has 0 atom stereocenters. The highest BCUT2D eigenvalue weighted by Crippen LogP contribution is 2.41. The lowest BCUT2D eigenvalue weighted by molar-refractivity contribution is -0.154. The van der Waals surface area contributed by atoms with Gasteiger partial charge in [0.25, 0.3) is 11.8 Å². The maximum atomic E-state index is 13.1. The summed E-state index contributed by atoms with van der Waals surface area (Å²) in [6, 6.07) is 13.8. The molecule has 2 aromatic rings. The van der Waals surface area contributed by atoms with Crippen molar-refractivity contribution in [3.05, 3.63) is 64.7 Å². The van der Waals surface area contributed by atoms with E-state index < -0.39 is 23.9 Å². The summed E-state index contributed by atoms with van der Waals surface area (Å²) < 4.78 is 5.44. The van der Waals surface area contributed by atoms with Gasteiger partial charge in [0, 0.05) is 23.3 Å². The van der Waals surface area contributed by atoms with Crippen LogP contribution in [0.5, 0.6) is 0 Å². The van der Waals surface area contributed by atoms with Crippen LogP contribution < -0.4 is 10.6 Å². The largest absolute Gasteiger partial charge is 0.455 e. The van der Waals surface area contributed by atoms with Crippen molar-refractivity contribution in [1.29, 1.82) is 0 Å². The van der Waals surface area contributed by atoms with E-state index in [-0.39, 0.29) is 5.91 Å². The third kappa shape index (κ3) is 5.00. The third-order valence-electron chi connectivity index (χ3n) is 5.44. The van der Waals surface area contributed by atoms with Gasteiger partial charge in [-0.2, -0.15) is 0 Å².